The van der Waals surface area contributed by atoms with E-state index < -0.39 is 0 Å². The Balaban J connectivity index is 2.31. The number of nitrogens with one attached hydrogen (secondary N) is 1. The van der Waals surface area contributed by atoms with E-state index in [2.05, 4.69) is 21.8 Å². The van der Waals surface area contributed by atoms with E-state index >= 15 is 0 Å². The minimum Gasteiger partial charge on any atom is -0.352 e. The Hall–Kier alpha value is -1.07. The molecule has 1 aromatic heterocycles. The summed E-state index contributed by atoms with van der Waals surface area (Å²) in [6.45, 7) is 3.56. The van der Waals surface area contributed by atoms with Gasteiger partial charge in [0.2, 0.25) is 0 Å². The standard InChI is InChI=1S/C10H15ClN4O/c1-6-2-7(3-12)4-15(6)9-8(11)10(16)14-5-13-9/h5-7H,2-4,12H2,1H3,(H,13,14,16). The van der Waals surface area contributed by atoms with Crippen molar-refractivity contribution in [2.75, 3.05) is 18.0 Å². The van der Waals surface area contributed by atoms with Crippen molar-refractivity contribution in [1.29, 1.82) is 0 Å². The van der Waals surface area contributed by atoms with Crippen LogP contribution < -0.4 is 16.2 Å². The average Bonchev–Trinajstić information content (AvgIpc) is 2.64. The molecule has 0 saturated carbocycles. The monoisotopic (exact) mass is 242 g/mol. The van der Waals surface area contributed by atoms with Gasteiger partial charge in [0.15, 0.2) is 5.82 Å². The predicted octanol–water partition coefficient (Wildman–Crippen LogP) is 0.597. The zero-order valence-corrected chi connectivity index (χ0v) is 9.87. The van der Waals surface area contributed by atoms with Gasteiger partial charge in [0.1, 0.15) is 5.02 Å². The molecule has 2 atom stereocenters. The third-order valence-corrected chi connectivity index (χ3v) is 3.39. The maximum Gasteiger partial charge on any atom is 0.271 e. The second-order valence-electron chi connectivity index (χ2n) is 4.21. The summed E-state index contributed by atoms with van der Waals surface area (Å²) in [4.78, 5) is 20.0. The van der Waals surface area contributed by atoms with Crippen LogP contribution in [-0.4, -0.2) is 29.1 Å². The molecule has 1 aromatic rings. The molecule has 0 radical (unpaired) electrons. The van der Waals surface area contributed by atoms with E-state index in [9.17, 15) is 4.79 Å². The molecule has 0 spiro atoms. The number of anilines is 1. The third-order valence-electron chi connectivity index (χ3n) is 3.04. The van der Waals surface area contributed by atoms with Crippen molar-refractivity contribution in [2.45, 2.75) is 19.4 Å². The number of nitrogens with two attached hydrogens (primary N) is 1. The molecule has 16 heavy (non-hydrogen) atoms. The fraction of sp³-hybridized carbons (Fsp3) is 0.600. The molecule has 0 amide bonds. The van der Waals surface area contributed by atoms with Gasteiger partial charge in [0.25, 0.3) is 5.56 Å². The van der Waals surface area contributed by atoms with Gasteiger partial charge >= 0.3 is 0 Å². The predicted molar refractivity (Wildman–Crippen MR) is 63.8 cm³/mol. The molecule has 6 heteroatoms. The Morgan fingerprint density at radius 1 is 1.75 bits per heavy atom. The number of nitrogens with zero attached hydrogens (tertiary/aromatic N) is 2. The number of hydrogen-bond acceptors (Lipinski definition) is 4. The first-order valence-electron chi connectivity index (χ1n) is 5.33. The molecule has 1 fully saturated rings. The van der Waals surface area contributed by atoms with Crippen LogP contribution in [0.1, 0.15) is 13.3 Å². The Morgan fingerprint density at radius 2 is 2.50 bits per heavy atom. The molecule has 0 aliphatic carbocycles. The number of hydrogen-bond donors (Lipinski definition) is 2. The first kappa shape index (κ1) is 11.4. The van der Waals surface area contributed by atoms with Gasteiger partial charge in [-0.25, -0.2) is 4.98 Å². The lowest BCUT2D eigenvalue weighted by atomic mass is 10.1. The Bertz CT molecular complexity index is 433. The summed E-state index contributed by atoms with van der Waals surface area (Å²) < 4.78 is 0. The highest BCUT2D eigenvalue weighted by molar-refractivity contribution is 6.32. The van der Waals surface area contributed by atoms with Crippen LogP contribution in [0.4, 0.5) is 5.82 Å². The quantitative estimate of drug-likeness (QED) is 0.796. The molecule has 2 heterocycles. The van der Waals surface area contributed by atoms with E-state index in [0.717, 1.165) is 13.0 Å². The van der Waals surface area contributed by atoms with Crippen molar-refractivity contribution in [3.8, 4) is 0 Å². The normalized spacial score (nSPS) is 25.1. The first-order chi connectivity index (χ1) is 7.63. The highest BCUT2D eigenvalue weighted by Crippen LogP contribution is 2.29. The van der Waals surface area contributed by atoms with Crippen LogP contribution in [0.15, 0.2) is 11.1 Å². The van der Waals surface area contributed by atoms with Gasteiger partial charge in [0, 0.05) is 12.6 Å². The van der Waals surface area contributed by atoms with Crippen molar-refractivity contribution in [3.05, 3.63) is 21.7 Å². The summed E-state index contributed by atoms with van der Waals surface area (Å²) in [7, 11) is 0. The fourth-order valence-electron chi connectivity index (χ4n) is 2.18. The van der Waals surface area contributed by atoms with Crippen molar-refractivity contribution >= 4 is 17.4 Å². The highest BCUT2D eigenvalue weighted by atomic mass is 35.5. The van der Waals surface area contributed by atoms with Crippen LogP contribution in [0.3, 0.4) is 0 Å². The summed E-state index contributed by atoms with van der Waals surface area (Å²) >= 11 is 5.95. The van der Waals surface area contributed by atoms with Gasteiger partial charge in [-0.15, -0.1) is 0 Å². The number of halogens is 1. The maximum absolute atomic E-state index is 11.4. The van der Waals surface area contributed by atoms with E-state index in [0.29, 0.717) is 24.3 Å². The van der Waals surface area contributed by atoms with Gasteiger partial charge in [-0.2, -0.15) is 0 Å². The van der Waals surface area contributed by atoms with Crippen LogP contribution in [0.2, 0.25) is 5.02 Å². The molecule has 2 unspecified atom stereocenters. The average molecular weight is 243 g/mol. The van der Waals surface area contributed by atoms with E-state index in [1.165, 1.54) is 6.33 Å². The molecular weight excluding hydrogens is 228 g/mol. The van der Waals surface area contributed by atoms with E-state index in [1.807, 2.05) is 0 Å². The molecular formula is C10H15ClN4O. The highest BCUT2D eigenvalue weighted by Gasteiger charge is 2.30. The SMILES string of the molecule is CC1CC(CN)CN1c1nc[nH]c(=O)c1Cl. The molecule has 1 aliphatic heterocycles. The number of rotatable bonds is 2. The number of aromatic amines is 1. The molecule has 0 bridgehead atoms. The van der Waals surface area contributed by atoms with Gasteiger partial charge in [-0.05, 0) is 25.8 Å². The zero-order valence-electron chi connectivity index (χ0n) is 9.11. The fourth-order valence-corrected chi connectivity index (χ4v) is 2.39. The van der Waals surface area contributed by atoms with Crippen LogP contribution >= 0.6 is 11.6 Å². The minimum absolute atomic E-state index is 0.159. The van der Waals surface area contributed by atoms with Crippen molar-refractivity contribution in [3.63, 3.8) is 0 Å². The smallest absolute Gasteiger partial charge is 0.271 e. The summed E-state index contributed by atoms with van der Waals surface area (Å²) in [5.74, 6) is 1.01. The molecule has 5 nitrogen and oxygen atoms in total. The lowest BCUT2D eigenvalue weighted by Crippen LogP contribution is -2.30. The topological polar surface area (TPSA) is 75.0 Å². The van der Waals surface area contributed by atoms with Crippen LogP contribution in [0.5, 0.6) is 0 Å². The molecule has 3 N–H and O–H groups in total. The van der Waals surface area contributed by atoms with Crippen molar-refractivity contribution < 1.29 is 0 Å². The van der Waals surface area contributed by atoms with Crippen LogP contribution in [-0.2, 0) is 0 Å². The lowest BCUT2D eigenvalue weighted by Gasteiger charge is -2.22. The Morgan fingerprint density at radius 3 is 3.12 bits per heavy atom. The maximum atomic E-state index is 11.4. The molecule has 2 rings (SSSR count). The van der Waals surface area contributed by atoms with Gasteiger partial charge in [0.05, 0.1) is 6.33 Å². The molecule has 0 aromatic carbocycles. The van der Waals surface area contributed by atoms with Gasteiger partial charge in [-0.3, -0.25) is 4.79 Å². The van der Waals surface area contributed by atoms with Crippen molar-refractivity contribution in [2.24, 2.45) is 11.7 Å². The molecule has 1 aliphatic rings. The van der Waals surface area contributed by atoms with E-state index in [1.54, 1.807) is 0 Å². The lowest BCUT2D eigenvalue weighted by molar-refractivity contribution is 0.579. The first-order valence-corrected chi connectivity index (χ1v) is 5.71. The van der Waals surface area contributed by atoms with E-state index in [-0.39, 0.29) is 10.6 Å². The van der Waals surface area contributed by atoms with Gasteiger partial charge in [-0.1, -0.05) is 11.6 Å². The molecule has 1 saturated heterocycles. The molecule has 88 valence electrons. The second-order valence-corrected chi connectivity index (χ2v) is 4.59. The van der Waals surface area contributed by atoms with Crippen molar-refractivity contribution in [1.82, 2.24) is 9.97 Å². The minimum atomic E-state index is -0.296. The third kappa shape index (κ3) is 1.92. The van der Waals surface area contributed by atoms with Crippen LogP contribution in [0.25, 0.3) is 0 Å². The summed E-state index contributed by atoms with van der Waals surface area (Å²) in [5.41, 5.74) is 5.36. The van der Waals surface area contributed by atoms with Gasteiger partial charge < -0.3 is 15.6 Å². The summed E-state index contributed by atoms with van der Waals surface area (Å²) in [6.07, 6.45) is 2.40. The largest absolute Gasteiger partial charge is 0.352 e. The second kappa shape index (κ2) is 4.43. The van der Waals surface area contributed by atoms with Crippen LogP contribution in [0, 0.1) is 5.92 Å². The zero-order chi connectivity index (χ0) is 11.7. The Kier molecular flexibility index (Phi) is 3.16. The Labute approximate surface area is 98.6 Å². The summed E-state index contributed by atoms with van der Waals surface area (Å²) in [6, 6.07) is 0.320. The van der Waals surface area contributed by atoms with E-state index in [4.69, 9.17) is 17.3 Å². The summed E-state index contributed by atoms with van der Waals surface area (Å²) in [5, 5.41) is 0.159. The number of H-pyrrole nitrogens is 1. The number of aromatic nitrogens is 2.